The van der Waals surface area contributed by atoms with Crippen molar-refractivity contribution >= 4 is 32.6 Å². The Labute approximate surface area is 155 Å². The molecule has 0 spiro atoms. The molecule has 0 bridgehead atoms. The highest BCUT2D eigenvalue weighted by Gasteiger charge is 2.18. The molecule has 1 aliphatic rings. The van der Waals surface area contributed by atoms with Crippen LogP contribution in [-0.4, -0.2) is 47.2 Å². The largest absolute Gasteiger partial charge is 0.340 e. The number of nitrogens with one attached hydrogen (secondary N) is 2. The van der Waals surface area contributed by atoms with E-state index in [-0.39, 0.29) is 17.4 Å². The molecule has 1 aliphatic heterocycles. The number of carbonyl (C=O) groups is 1. The molecule has 25 heavy (non-hydrogen) atoms. The van der Waals surface area contributed by atoms with E-state index < -0.39 is 0 Å². The lowest BCUT2D eigenvalue weighted by atomic mass is 9.96. The number of hydrogen-bond donors (Lipinski definition) is 2. The number of piperazine rings is 1. The highest BCUT2D eigenvalue weighted by atomic mass is 79.9. The van der Waals surface area contributed by atoms with Crippen LogP contribution in [0.4, 0.5) is 0 Å². The summed E-state index contributed by atoms with van der Waals surface area (Å²) < 4.78 is 0.926. The highest BCUT2D eigenvalue weighted by molar-refractivity contribution is 9.10. The highest BCUT2D eigenvalue weighted by Crippen LogP contribution is 2.27. The number of nitrogens with zero attached hydrogens (tertiary/aromatic N) is 2. The summed E-state index contributed by atoms with van der Waals surface area (Å²) in [6, 6.07) is 5.61. The van der Waals surface area contributed by atoms with E-state index in [1.165, 1.54) is 0 Å². The van der Waals surface area contributed by atoms with Crippen LogP contribution in [0.2, 0.25) is 0 Å². The van der Waals surface area contributed by atoms with E-state index >= 15 is 0 Å². The maximum Gasteiger partial charge on any atom is 0.272 e. The first-order valence-corrected chi connectivity index (χ1v) is 9.52. The molecule has 2 N–H and O–H groups in total. The first kappa shape index (κ1) is 18.1. The second kappa shape index (κ2) is 8.10. The molecule has 1 aromatic heterocycles. The summed E-state index contributed by atoms with van der Waals surface area (Å²) in [6.07, 6.45) is 2.24. The molecule has 1 atom stereocenters. The third kappa shape index (κ3) is 4.27. The lowest BCUT2D eigenvalue weighted by molar-refractivity contribution is -0.131. The molecule has 1 saturated heterocycles. The van der Waals surface area contributed by atoms with Crippen LogP contribution >= 0.6 is 15.9 Å². The van der Waals surface area contributed by atoms with Crippen molar-refractivity contribution in [2.24, 2.45) is 0 Å². The van der Waals surface area contributed by atoms with E-state index in [9.17, 15) is 9.59 Å². The molecule has 3 rings (SSSR count). The van der Waals surface area contributed by atoms with Crippen LogP contribution in [-0.2, 0) is 4.79 Å². The lowest BCUT2D eigenvalue weighted by Gasteiger charge is -2.27. The van der Waals surface area contributed by atoms with Gasteiger partial charge in [0.15, 0.2) is 0 Å². The SMILES string of the molecule is CC(CCCC(=O)N1CCNCC1)c1n[nH]c(=O)c2ccc(Br)cc12. The van der Waals surface area contributed by atoms with Crippen LogP contribution in [0.25, 0.3) is 10.8 Å². The maximum atomic E-state index is 12.2. The topological polar surface area (TPSA) is 78.1 Å². The van der Waals surface area contributed by atoms with Gasteiger partial charge in [0.1, 0.15) is 0 Å². The predicted octanol–water partition coefficient (Wildman–Crippen LogP) is 2.39. The van der Waals surface area contributed by atoms with Gasteiger partial charge in [-0.25, -0.2) is 5.10 Å². The van der Waals surface area contributed by atoms with Gasteiger partial charge in [0, 0.05) is 48.4 Å². The van der Waals surface area contributed by atoms with Crippen molar-refractivity contribution in [2.75, 3.05) is 26.2 Å². The fraction of sp³-hybridized carbons (Fsp3) is 0.500. The van der Waals surface area contributed by atoms with Crippen molar-refractivity contribution < 1.29 is 4.79 Å². The zero-order chi connectivity index (χ0) is 17.8. The molecule has 1 unspecified atom stereocenters. The smallest absolute Gasteiger partial charge is 0.272 e. The van der Waals surface area contributed by atoms with Gasteiger partial charge in [-0.05, 0) is 31.0 Å². The minimum Gasteiger partial charge on any atom is -0.340 e. The number of rotatable bonds is 5. The zero-order valence-corrected chi connectivity index (χ0v) is 15.9. The molecule has 134 valence electrons. The quantitative estimate of drug-likeness (QED) is 0.798. The summed E-state index contributed by atoms with van der Waals surface area (Å²) >= 11 is 3.46. The van der Waals surface area contributed by atoms with E-state index in [0.717, 1.165) is 54.6 Å². The Morgan fingerprint density at radius 2 is 2.08 bits per heavy atom. The van der Waals surface area contributed by atoms with Crippen molar-refractivity contribution in [3.63, 3.8) is 0 Å². The normalized spacial score (nSPS) is 16.2. The lowest BCUT2D eigenvalue weighted by Crippen LogP contribution is -2.46. The minimum absolute atomic E-state index is 0.171. The van der Waals surface area contributed by atoms with E-state index in [2.05, 4.69) is 38.4 Å². The molecule has 2 heterocycles. The molecule has 1 fully saturated rings. The minimum atomic E-state index is -0.174. The first-order chi connectivity index (χ1) is 12.1. The maximum absolute atomic E-state index is 12.2. The second-order valence-electron chi connectivity index (χ2n) is 6.55. The molecule has 6 nitrogen and oxygen atoms in total. The molecule has 2 aromatic rings. The number of H-pyrrole nitrogens is 1. The van der Waals surface area contributed by atoms with Gasteiger partial charge < -0.3 is 10.2 Å². The van der Waals surface area contributed by atoms with E-state index in [4.69, 9.17) is 0 Å². The molecule has 0 radical (unpaired) electrons. The predicted molar refractivity (Wildman–Crippen MR) is 102 cm³/mol. The third-order valence-electron chi connectivity index (χ3n) is 4.74. The summed E-state index contributed by atoms with van der Waals surface area (Å²) in [5.74, 6) is 0.403. The van der Waals surface area contributed by atoms with Crippen LogP contribution in [0.1, 0.15) is 37.8 Å². The van der Waals surface area contributed by atoms with E-state index in [0.29, 0.717) is 11.8 Å². The number of hydrogen-bond acceptors (Lipinski definition) is 4. The Bertz CT molecular complexity index is 814. The second-order valence-corrected chi connectivity index (χ2v) is 7.47. The van der Waals surface area contributed by atoms with Gasteiger partial charge in [-0.3, -0.25) is 9.59 Å². The van der Waals surface area contributed by atoms with E-state index in [1.54, 1.807) is 0 Å². The number of fused-ring (bicyclic) bond motifs is 1. The van der Waals surface area contributed by atoms with Crippen molar-refractivity contribution in [2.45, 2.75) is 32.1 Å². The van der Waals surface area contributed by atoms with Crippen molar-refractivity contribution in [1.82, 2.24) is 20.4 Å². The van der Waals surface area contributed by atoms with Gasteiger partial charge in [-0.15, -0.1) is 0 Å². The fourth-order valence-electron chi connectivity index (χ4n) is 3.30. The van der Waals surface area contributed by atoms with Gasteiger partial charge in [0.2, 0.25) is 5.91 Å². The van der Waals surface area contributed by atoms with Crippen molar-refractivity contribution in [1.29, 1.82) is 0 Å². The third-order valence-corrected chi connectivity index (χ3v) is 5.24. The number of aromatic nitrogens is 2. The Kier molecular flexibility index (Phi) is 5.86. The standard InChI is InChI=1S/C18H23BrN4O2/c1-12(3-2-4-16(24)23-9-7-20-8-10-23)17-15-11-13(19)5-6-14(15)18(25)22-21-17/h5-6,11-12,20H,2-4,7-10H2,1H3,(H,22,25). The number of benzene rings is 1. The Morgan fingerprint density at radius 1 is 1.32 bits per heavy atom. The summed E-state index contributed by atoms with van der Waals surface area (Å²) in [5.41, 5.74) is 0.706. The summed E-state index contributed by atoms with van der Waals surface area (Å²) in [7, 11) is 0. The van der Waals surface area contributed by atoms with Crippen LogP contribution in [0.3, 0.4) is 0 Å². The zero-order valence-electron chi connectivity index (χ0n) is 14.3. The number of aromatic amines is 1. The number of halogens is 1. The first-order valence-electron chi connectivity index (χ1n) is 8.72. The Morgan fingerprint density at radius 3 is 2.84 bits per heavy atom. The Balaban J connectivity index is 1.65. The van der Waals surface area contributed by atoms with Gasteiger partial charge in [-0.2, -0.15) is 5.10 Å². The van der Waals surface area contributed by atoms with Gasteiger partial charge in [-0.1, -0.05) is 22.9 Å². The van der Waals surface area contributed by atoms with Crippen LogP contribution < -0.4 is 10.9 Å². The molecule has 1 amide bonds. The van der Waals surface area contributed by atoms with Gasteiger partial charge >= 0.3 is 0 Å². The summed E-state index contributed by atoms with van der Waals surface area (Å²) in [5, 5.41) is 11.6. The van der Waals surface area contributed by atoms with Crippen LogP contribution in [0.15, 0.2) is 27.5 Å². The Hall–Kier alpha value is -1.73. The number of amides is 1. The van der Waals surface area contributed by atoms with Gasteiger partial charge in [0.25, 0.3) is 5.56 Å². The fourth-order valence-corrected chi connectivity index (χ4v) is 3.66. The molecule has 0 saturated carbocycles. The van der Waals surface area contributed by atoms with Crippen molar-refractivity contribution in [3.05, 3.63) is 38.7 Å². The van der Waals surface area contributed by atoms with Crippen LogP contribution in [0, 0.1) is 0 Å². The monoisotopic (exact) mass is 406 g/mol. The average molecular weight is 407 g/mol. The summed E-state index contributed by atoms with van der Waals surface area (Å²) in [4.78, 5) is 26.1. The molecule has 1 aromatic carbocycles. The van der Waals surface area contributed by atoms with Gasteiger partial charge in [0.05, 0.1) is 11.1 Å². The summed E-state index contributed by atoms with van der Waals surface area (Å²) in [6.45, 7) is 5.45. The van der Waals surface area contributed by atoms with E-state index in [1.807, 2.05) is 23.1 Å². The van der Waals surface area contributed by atoms with Crippen LogP contribution in [0.5, 0.6) is 0 Å². The number of carbonyl (C=O) groups excluding carboxylic acids is 1. The molecular weight excluding hydrogens is 384 g/mol. The molecular formula is C18H23BrN4O2. The van der Waals surface area contributed by atoms with Crippen molar-refractivity contribution in [3.8, 4) is 0 Å². The molecule has 0 aliphatic carbocycles. The molecule has 7 heteroatoms. The average Bonchev–Trinajstić information content (AvgIpc) is 2.62.